The van der Waals surface area contributed by atoms with Crippen molar-refractivity contribution >= 4 is 28.2 Å². The fraction of sp³-hybridized carbons (Fsp3) is 0.464. The average Bonchev–Trinajstić information content (AvgIpc) is 3.09. The highest BCUT2D eigenvalue weighted by atomic mass is 16.5. The number of rotatable bonds is 4. The predicted molar refractivity (Wildman–Crippen MR) is 141 cm³/mol. The van der Waals surface area contributed by atoms with Gasteiger partial charge in [-0.25, -0.2) is 0 Å². The summed E-state index contributed by atoms with van der Waals surface area (Å²) in [6, 6.07) is 4.18. The van der Waals surface area contributed by atoms with E-state index in [-0.39, 0.29) is 6.42 Å². The van der Waals surface area contributed by atoms with Crippen LogP contribution in [-0.4, -0.2) is 48.0 Å². The molecule has 7 heteroatoms. The lowest BCUT2D eigenvalue weighted by atomic mass is 9.85. The van der Waals surface area contributed by atoms with E-state index in [1.807, 2.05) is 26.8 Å². The van der Waals surface area contributed by atoms with Crippen LogP contribution in [0.5, 0.6) is 11.5 Å². The lowest BCUT2D eigenvalue weighted by Crippen LogP contribution is -2.29. The van der Waals surface area contributed by atoms with Gasteiger partial charge in [-0.15, -0.1) is 0 Å². The summed E-state index contributed by atoms with van der Waals surface area (Å²) in [5, 5.41) is 14.5. The Morgan fingerprint density at radius 1 is 1.14 bits per heavy atom. The van der Waals surface area contributed by atoms with Gasteiger partial charge < -0.3 is 29.4 Å². The summed E-state index contributed by atoms with van der Waals surface area (Å²) in [7, 11) is 2.09. The maximum atomic E-state index is 12.2. The number of nitrogens with one attached hydrogen (secondary N) is 1. The third kappa shape index (κ3) is 3.77. The second-order valence-electron chi connectivity index (χ2n) is 10.8. The third-order valence-electron chi connectivity index (χ3n) is 7.11. The van der Waals surface area contributed by atoms with Crippen molar-refractivity contribution in [3.63, 3.8) is 0 Å². The number of hydrogen-bond acceptors (Lipinski definition) is 5. The quantitative estimate of drug-likeness (QED) is 0.532. The van der Waals surface area contributed by atoms with E-state index in [1.54, 1.807) is 0 Å². The molecule has 2 aliphatic rings. The zero-order valence-corrected chi connectivity index (χ0v) is 21.8. The number of aliphatic carboxylic acids is 1. The molecule has 1 aromatic heterocycles. The molecule has 2 N–H and O–H groups in total. The first-order valence-electron chi connectivity index (χ1n) is 12.3. The summed E-state index contributed by atoms with van der Waals surface area (Å²) in [5.74, 6) is 0.648. The zero-order chi connectivity index (χ0) is 25.2. The Labute approximate surface area is 206 Å². The third-order valence-corrected chi connectivity index (χ3v) is 7.11. The van der Waals surface area contributed by atoms with Crippen LogP contribution in [0.15, 0.2) is 12.1 Å². The molecular weight excluding hydrogens is 442 g/mol. The SMILES string of the molecule is Cc1c2c(cc(OC(C)(C)C)c1-c1c(CC(=O)O)c(C)c3c4c1cc(C)n4CCN3C)OCCN2. The molecule has 0 bridgehead atoms. The number of hydrogen-bond donors (Lipinski definition) is 2. The van der Waals surface area contributed by atoms with Gasteiger partial charge >= 0.3 is 5.97 Å². The van der Waals surface area contributed by atoms with Crippen LogP contribution in [0.1, 0.15) is 43.2 Å². The molecular formula is C28H35N3O4. The highest BCUT2D eigenvalue weighted by Gasteiger charge is 2.31. The van der Waals surface area contributed by atoms with E-state index in [1.165, 1.54) is 11.2 Å². The van der Waals surface area contributed by atoms with Gasteiger partial charge in [0, 0.05) is 49.4 Å². The van der Waals surface area contributed by atoms with Gasteiger partial charge in [-0.05, 0) is 69.9 Å². The largest absolute Gasteiger partial charge is 0.489 e. The van der Waals surface area contributed by atoms with E-state index < -0.39 is 11.6 Å². The zero-order valence-electron chi connectivity index (χ0n) is 21.8. The molecule has 0 spiro atoms. The van der Waals surface area contributed by atoms with Crippen molar-refractivity contribution in [1.82, 2.24) is 4.57 Å². The number of aryl methyl sites for hydroxylation is 1. The molecule has 0 saturated heterocycles. The summed E-state index contributed by atoms with van der Waals surface area (Å²) in [5.41, 5.74) is 8.73. The molecule has 0 radical (unpaired) electrons. The molecule has 0 amide bonds. The molecule has 3 aromatic rings. The Kier molecular flexibility index (Phi) is 5.42. The minimum Gasteiger partial charge on any atom is -0.489 e. The number of carbonyl (C=O) groups is 1. The van der Waals surface area contributed by atoms with E-state index in [0.717, 1.165) is 70.0 Å². The fourth-order valence-corrected chi connectivity index (χ4v) is 5.72. The molecule has 35 heavy (non-hydrogen) atoms. The van der Waals surface area contributed by atoms with Crippen LogP contribution in [-0.2, 0) is 17.8 Å². The van der Waals surface area contributed by atoms with Gasteiger partial charge in [-0.2, -0.15) is 0 Å². The number of likely N-dealkylation sites (N-methyl/N-ethyl adjacent to an activating group) is 1. The summed E-state index contributed by atoms with van der Waals surface area (Å²) in [6.45, 7) is 15.5. The summed E-state index contributed by atoms with van der Waals surface area (Å²) < 4.78 is 14.9. The fourth-order valence-electron chi connectivity index (χ4n) is 5.72. The van der Waals surface area contributed by atoms with Crippen molar-refractivity contribution in [2.75, 3.05) is 37.0 Å². The lowest BCUT2D eigenvalue weighted by molar-refractivity contribution is -0.136. The Hall–Kier alpha value is -3.35. The first-order valence-corrected chi connectivity index (χ1v) is 12.3. The van der Waals surface area contributed by atoms with E-state index in [9.17, 15) is 9.90 Å². The highest BCUT2D eigenvalue weighted by Crippen LogP contribution is 2.51. The standard InChI is InChI=1S/C28H35N3O4/c1-15-12-19-24(18(13-22(32)33)16(2)26-27(19)31(15)10-9-30(26)7)23-17(3)25-21(34-11-8-29-25)14-20(23)35-28(4,5)6/h12,14,29H,8-11,13H2,1-7H3,(H,32,33). The second-order valence-corrected chi connectivity index (χ2v) is 10.8. The van der Waals surface area contributed by atoms with Gasteiger partial charge in [-0.3, -0.25) is 4.79 Å². The molecule has 7 nitrogen and oxygen atoms in total. The monoisotopic (exact) mass is 477 g/mol. The van der Waals surface area contributed by atoms with Crippen molar-refractivity contribution in [1.29, 1.82) is 0 Å². The Bertz CT molecular complexity index is 1360. The summed E-state index contributed by atoms with van der Waals surface area (Å²) in [6.07, 6.45) is -0.0580. The molecule has 0 atom stereocenters. The number of carboxylic acid groups (broad SMARTS) is 1. The molecule has 0 aliphatic carbocycles. The average molecular weight is 478 g/mol. The van der Waals surface area contributed by atoms with E-state index >= 15 is 0 Å². The minimum atomic E-state index is -0.842. The smallest absolute Gasteiger partial charge is 0.307 e. The number of aromatic nitrogens is 1. The minimum absolute atomic E-state index is 0.0580. The van der Waals surface area contributed by atoms with Crippen molar-refractivity contribution in [3.05, 3.63) is 34.5 Å². The predicted octanol–water partition coefficient (Wildman–Crippen LogP) is 5.29. The maximum Gasteiger partial charge on any atom is 0.307 e. The molecule has 0 unspecified atom stereocenters. The number of nitrogens with zero attached hydrogens (tertiary/aromatic N) is 2. The van der Waals surface area contributed by atoms with Crippen LogP contribution in [0.4, 0.5) is 11.4 Å². The molecule has 5 rings (SSSR count). The Morgan fingerprint density at radius 3 is 2.57 bits per heavy atom. The maximum absolute atomic E-state index is 12.2. The second kappa shape index (κ2) is 8.11. The molecule has 0 fully saturated rings. The highest BCUT2D eigenvalue weighted by molar-refractivity contribution is 6.09. The molecule has 3 heterocycles. The summed E-state index contributed by atoms with van der Waals surface area (Å²) in [4.78, 5) is 14.4. The van der Waals surface area contributed by atoms with E-state index in [0.29, 0.717) is 12.4 Å². The Balaban J connectivity index is 1.95. The van der Waals surface area contributed by atoms with Crippen LogP contribution >= 0.6 is 0 Å². The Morgan fingerprint density at radius 2 is 1.89 bits per heavy atom. The molecule has 186 valence electrons. The molecule has 2 aromatic carbocycles. The van der Waals surface area contributed by atoms with Crippen LogP contribution in [0, 0.1) is 20.8 Å². The first-order chi connectivity index (χ1) is 16.5. The number of fused-ring (bicyclic) bond motifs is 1. The topological polar surface area (TPSA) is 76.0 Å². The van der Waals surface area contributed by atoms with Crippen molar-refractivity contribution < 1.29 is 19.4 Å². The van der Waals surface area contributed by atoms with E-state index in [2.05, 4.69) is 48.7 Å². The van der Waals surface area contributed by atoms with Crippen LogP contribution in [0.3, 0.4) is 0 Å². The van der Waals surface area contributed by atoms with Crippen molar-refractivity contribution in [2.45, 2.75) is 60.1 Å². The molecule has 2 aliphatic heterocycles. The van der Waals surface area contributed by atoms with Gasteiger partial charge in [0.15, 0.2) is 0 Å². The van der Waals surface area contributed by atoms with Crippen molar-refractivity contribution in [2.24, 2.45) is 0 Å². The van der Waals surface area contributed by atoms with Gasteiger partial charge in [0.25, 0.3) is 0 Å². The van der Waals surface area contributed by atoms with E-state index in [4.69, 9.17) is 9.47 Å². The number of benzene rings is 2. The number of anilines is 2. The number of carboxylic acids is 1. The molecule has 0 saturated carbocycles. The summed E-state index contributed by atoms with van der Waals surface area (Å²) >= 11 is 0. The van der Waals surface area contributed by atoms with Gasteiger partial charge in [0.1, 0.15) is 23.7 Å². The normalized spacial score (nSPS) is 15.0. The first kappa shape index (κ1) is 23.4. The van der Waals surface area contributed by atoms with Crippen molar-refractivity contribution in [3.8, 4) is 22.6 Å². The van der Waals surface area contributed by atoms with Gasteiger partial charge in [-0.1, -0.05) is 0 Å². The van der Waals surface area contributed by atoms with Crippen LogP contribution in [0.2, 0.25) is 0 Å². The van der Waals surface area contributed by atoms with Crippen LogP contribution < -0.4 is 19.7 Å². The van der Waals surface area contributed by atoms with Crippen LogP contribution in [0.25, 0.3) is 22.0 Å². The number of ether oxygens (including phenoxy) is 2. The lowest BCUT2D eigenvalue weighted by Gasteiger charge is -2.33. The van der Waals surface area contributed by atoms with Gasteiger partial charge in [0.2, 0.25) is 0 Å². The van der Waals surface area contributed by atoms with Gasteiger partial charge in [0.05, 0.1) is 23.3 Å².